The molecular weight excluding hydrogens is 382 g/mol. The van der Waals surface area contributed by atoms with Gasteiger partial charge in [-0.1, -0.05) is 12.1 Å². The van der Waals surface area contributed by atoms with E-state index in [0.29, 0.717) is 30.9 Å². The minimum absolute atomic E-state index is 0.100. The second kappa shape index (κ2) is 9.17. The molecule has 1 aromatic carbocycles. The molecule has 2 heterocycles. The first-order chi connectivity index (χ1) is 14.7. The van der Waals surface area contributed by atoms with Crippen LogP contribution in [0.15, 0.2) is 58.3 Å². The van der Waals surface area contributed by atoms with E-state index in [4.69, 9.17) is 9.15 Å². The normalized spacial score (nSPS) is 18.4. The Bertz CT molecular complexity index is 936. The van der Waals surface area contributed by atoms with Crippen molar-refractivity contribution in [3.63, 3.8) is 0 Å². The molecule has 0 fully saturated rings. The number of ketones is 1. The number of nitrogens with zero attached hydrogens (tertiary/aromatic N) is 1. The summed E-state index contributed by atoms with van der Waals surface area (Å²) in [6.45, 7) is 1.25. The van der Waals surface area contributed by atoms with Crippen molar-refractivity contribution in [2.45, 2.75) is 31.7 Å². The van der Waals surface area contributed by atoms with Crippen LogP contribution in [0.2, 0.25) is 0 Å². The number of nitrogens with one attached hydrogen (secondary N) is 2. The van der Waals surface area contributed by atoms with Gasteiger partial charge in [0.25, 0.3) is 0 Å². The highest BCUT2D eigenvalue weighted by Gasteiger charge is 2.38. The lowest BCUT2D eigenvalue weighted by atomic mass is 9.88. The molecule has 158 valence electrons. The number of carbonyl (C=O) groups excluding carboxylic acids is 2. The monoisotopic (exact) mass is 409 g/mol. The molecule has 1 aromatic heterocycles. The van der Waals surface area contributed by atoms with E-state index in [2.05, 4.69) is 10.6 Å². The molecule has 0 spiro atoms. The Morgan fingerprint density at radius 1 is 1.27 bits per heavy atom. The molecule has 1 amide bonds. The predicted octanol–water partition coefficient (Wildman–Crippen LogP) is 3.41. The Hall–Kier alpha value is -3.06. The molecule has 2 N–H and O–H groups in total. The number of fused-ring (bicyclic) bond motifs is 1. The fourth-order valence-corrected chi connectivity index (χ4v) is 4.17. The third kappa shape index (κ3) is 4.11. The molecule has 0 radical (unpaired) electrons. The number of para-hydroxylation sites is 2. The minimum Gasteiger partial charge on any atom is -0.467 e. The average molecular weight is 409 g/mol. The Kier molecular flexibility index (Phi) is 6.18. The van der Waals surface area contributed by atoms with Crippen molar-refractivity contribution in [3.8, 4) is 0 Å². The Balaban J connectivity index is 1.73. The van der Waals surface area contributed by atoms with Crippen LogP contribution in [0.5, 0.6) is 0 Å². The molecule has 2 aliphatic rings. The summed E-state index contributed by atoms with van der Waals surface area (Å²) in [6, 6.07) is 11.1. The van der Waals surface area contributed by atoms with E-state index in [1.165, 1.54) is 0 Å². The molecule has 1 aliphatic carbocycles. The summed E-state index contributed by atoms with van der Waals surface area (Å²) in [5.41, 5.74) is 3.37. The van der Waals surface area contributed by atoms with Crippen LogP contribution >= 0.6 is 0 Å². The number of anilines is 2. The van der Waals surface area contributed by atoms with Gasteiger partial charge in [-0.15, -0.1) is 0 Å². The van der Waals surface area contributed by atoms with Crippen LogP contribution in [-0.2, 0) is 14.3 Å². The summed E-state index contributed by atoms with van der Waals surface area (Å²) in [5, 5.41) is 6.43. The van der Waals surface area contributed by atoms with Gasteiger partial charge < -0.3 is 24.7 Å². The molecular formula is C23H27N3O4. The van der Waals surface area contributed by atoms with E-state index in [0.717, 1.165) is 36.3 Å². The van der Waals surface area contributed by atoms with E-state index in [1.54, 1.807) is 13.4 Å². The first kappa shape index (κ1) is 20.2. The van der Waals surface area contributed by atoms with Gasteiger partial charge in [-0.3, -0.25) is 9.59 Å². The summed E-state index contributed by atoms with van der Waals surface area (Å²) in [4.78, 5) is 27.8. The lowest BCUT2D eigenvalue weighted by molar-refractivity contribution is -0.120. The van der Waals surface area contributed by atoms with E-state index < -0.39 is 6.04 Å². The molecule has 0 bridgehead atoms. The molecule has 7 heteroatoms. The van der Waals surface area contributed by atoms with Crippen LogP contribution < -0.4 is 15.5 Å². The fourth-order valence-electron chi connectivity index (χ4n) is 4.17. The lowest BCUT2D eigenvalue weighted by Gasteiger charge is -2.33. The largest absolute Gasteiger partial charge is 0.467 e. The summed E-state index contributed by atoms with van der Waals surface area (Å²) in [5.74, 6) is 0.650. The van der Waals surface area contributed by atoms with E-state index in [-0.39, 0.29) is 18.2 Å². The summed E-state index contributed by atoms with van der Waals surface area (Å²) >= 11 is 0. The number of carbonyl (C=O) groups is 2. The predicted molar refractivity (Wildman–Crippen MR) is 114 cm³/mol. The van der Waals surface area contributed by atoms with Crippen molar-refractivity contribution in [3.05, 3.63) is 59.7 Å². The Morgan fingerprint density at radius 3 is 2.93 bits per heavy atom. The van der Waals surface area contributed by atoms with Gasteiger partial charge in [0, 0.05) is 38.0 Å². The number of hydrogen-bond acceptors (Lipinski definition) is 6. The number of rotatable bonds is 7. The molecule has 0 unspecified atom stereocenters. The molecule has 2 aromatic rings. The molecule has 0 saturated carbocycles. The maximum absolute atomic E-state index is 13.0. The average Bonchev–Trinajstić information content (AvgIpc) is 3.23. The summed E-state index contributed by atoms with van der Waals surface area (Å²) in [7, 11) is 1.64. The number of hydrogen-bond donors (Lipinski definition) is 2. The van der Waals surface area contributed by atoms with Crippen molar-refractivity contribution in [1.29, 1.82) is 0 Å². The smallest absolute Gasteiger partial charge is 0.239 e. The van der Waals surface area contributed by atoms with Crippen molar-refractivity contribution in [2.24, 2.45) is 0 Å². The first-order valence-corrected chi connectivity index (χ1v) is 10.4. The third-order valence-corrected chi connectivity index (χ3v) is 5.51. The standard InChI is InChI=1S/C23H27N3O4/c1-29-13-6-12-24-21(28)15-26-18-9-3-2-7-16(18)25-17-8-4-10-19(27)22(17)23(26)20-11-5-14-30-20/h2-3,5,7,9,11,14,23,25H,4,6,8,10,12-13,15H2,1H3,(H,24,28)/t23-/m0/s1. The number of ether oxygens (including phenoxy) is 1. The molecule has 1 aliphatic heterocycles. The van der Waals surface area contributed by atoms with E-state index >= 15 is 0 Å². The highest BCUT2D eigenvalue weighted by atomic mass is 16.5. The maximum Gasteiger partial charge on any atom is 0.239 e. The first-order valence-electron chi connectivity index (χ1n) is 10.4. The van der Waals surface area contributed by atoms with Gasteiger partial charge in [-0.05, 0) is 43.5 Å². The van der Waals surface area contributed by atoms with Gasteiger partial charge in [0.05, 0.1) is 24.2 Å². The number of amides is 1. The molecule has 7 nitrogen and oxygen atoms in total. The number of allylic oxidation sites excluding steroid dienone is 1. The fraction of sp³-hybridized carbons (Fsp3) is 0.391. The topological polar surface area (TPSA) is 83.8 Å². The van der Waals surface area contributed by atoms with Crippen LogP contribution in [-0.4, -0.2) is 38.5 Å². The van der Waals surface area contributed by atoms with Crippen molar-refractivity contribution in [2.75, 3.05) is 37.0 Å². The zero-order chi connectivity index (χ0) is 20.9. The number of furan rings is 1. The van der Waals surface area contributed by atoms with Crippen LogP contribution in [0.3, 0.4) is 0 Å². The molecule has 30 heavy (non-hydrogen) atoms. The number of methoxy groups -OCH3 is 1. The molecule has 4 rings (SSSR count). The quantitative estimate of drug-likeness (QED) is 0.682. The van der Waals surface area contributed by atoms with Gasteiger partial charge in [0.1, 0.15) is 11.8 Å². The highest BCUT2D eigenvalue weighted by molar-refractivity contribution is 6.01. The van der Waals surface area contributed by atoms with Crippen LogP contribution in [0, 0.1) is 0 Å². The second-order valence-corrected chi connectivity index (χ2v) is 7.55. The SMILES string of the molecule is COCCCNC(=O)CN1c2ccccc2NC2=C(C(=O)CCC2)[C@@H]1c1ccco1. The van der Waals surface area contributed by atoms with Crippen LogP contribution in [0.1, 0.15) is 37.5 Å². The Morgan fingerprint density at radius 2 is 2.13 bits per heavy atom. The van der Waals surface area contributed by atoms with E-state index in [1.807, 2.05) is 41.3 Å². The van der Waals surface area contributed by atoms with Gasteiger partial charge in [0.15, 0.2) is 5.78 Å². The molecule has 0 saturated heterocycles. The number of Topliss-reactive ketones (excluding diaryl/α,β-unsaturated/α-hetero) is 1. The van der Waals surface area contributed by atoms with Crippen molar-refractivity contribution in [1.82, 2.24) is 5.32 Å². The van der Waals surface area contributed by atoms with Gasteiger partial charge >= 0.3 is 0 Å². The zero-order valence-electron chi connectivity index (χ0n) is 17.1. The zero-order valence-corrected chi connectivity index (χ0v) is 17.1. The van der Waals surface area contributed by atoms with Crippen molar-refractivity contribution < 1.29 is 18.7 Å². The number of benzene rings is 1. The summed E-state index contributed by atoms with van der Waals surface area (Å²) < 4.78 is 10.8. The van der Waals surface area contributed by atoms with E-state index in [9.17, 15) is 9.59 Å². The maximum atomic E-state index is 13.0. The van der Waals surface area contributed by atoms with Crippen molar-refractivity contribution >= 4 is 23.1 Å². The van der Waals surface area contributed by atoms with Gasteiger partial charge in [-0.25, -0.2) is 0 Å². The van der Waals surface area contributed by atoms with Gasteiger partial charge in [0.2, 0.25) is 5.91 Å². The molecule has 1 atom stereocenters. The second-order valence-electron chi connectivity index (χ2n) is 7.55. The highest BCUT2D eigenvalue weighted by Crippen LogP contribution is 2.44. The lowest BCUT2D eigenvalue weighted by Crippen LogP contribution is -2.41. The minimum atomic E-state index is -0.455. The van der Waals surface area contributed by atoms with Crippen LogP contribution in [0.4, 0.5) is 11.4 Å². The third-order valence-electron chi connectivity index (χ3n) is 5.51. The van der Waals surface area contributed by atoms with Crippen LogP contribution in [0.25, 0.3) is 0 Å². The Labute approximate surface area is 176 Å². The van der Waals surface area contributed by atoms with Gasteiger partial charge in [-0.2, -0.15) is 0 Å². The summed E-state index contributed by atoms with van der Waals surface area (Å²) in [6.07, 6.45) is 4.47.